The predicted octanol–water partition coefficient (Wildman–Crippen LogP) is 2.59. The van der Waals surface area contributed by atoms with E-state index in [-0.39, 0.29) is 11.9 Å². The Balaban J connectivity index is 2.66. The second kappa shape index (κ2) is 5.98. The summed E-state index contributed by atoms with van der Waals surface area (Å²) >= 11 is 1.67. The van der Waals surface area contributed by atoms with Gasteiger partial charge in [-0.2, -0.15) is 11.8 Å². The van der Waals surface area contributed by atoms with E-state index in [9.17, 15) is 4.39 Å². The fourth-order valence-corrected chi connectivity index (χ4v) is 1.40. The van der Waals surface area contributed by atoms with Crippen LogP contribution < -0.4 is 10.5 Å². The highest BCUT2D eigenvalue weighted by atomic mass is 32.2. The van der Waals surface area contributed by atoms with E-state index in [2.05, 4.69) is 0 Å². The van der Waals surface area contributed by atoms with Crippen molar-refractivity contribution in [2.24, 2.45) is 5.73 Å². The number of benzene rings is 1. The van der Waals surface area contributed by atoms with Gasteiger partial charge < -0.3 is 10.5 Å². The number of rotatable bonds is 5. The number of ether oxygens (including phenoxy) is 1. The molecule has 2 N–H and O–H groups in total. The Kier molecular flexibility index (Phi) is 4.91. The van der Waals surface area contributed by atoms with Gasteiger partial charge in [0.25, 0.3) is 0 Å². The van der Waals surface area contributed by atoms with Gasteiger partial charge in [0.15, 0.2) is 11.6 Å². The lowest BCUT2D eigenvalue weighted by atomic mass is 10.1. The average molecular weight is 229 g/mol. The van der Waals surface area contributed by atoms with Crippen molar-refractivity contribution in [2.75, 3.05) is 18.6 Å². The normalized spacial score (nSPS) is 12.5. The molecule has 84 valence electrons. The SMILES string of the molecule is CSCCOc1ccc([C@H](C)N)cc1F. The topological polar surface area (TPSA) is 35.2 Å². The molecule has 0 fully saturated rings. The van der Waals surface area contributed by atoms with Gasteiger partial charge in [0.05, 0.1) is 6.61 Å². The number of thioether (sulfide) groups is 1. The molecule has 1 atom stereocenters. The van der Waals surface area contributed by atoms with Crippen LogP contribution in [0, 0.1) is 5.82 Å². The molecule has 4 heteroatoms. The number of halogens is 1. The molecule has 0 aliphatic heterocycles. The summed E-state index contributed by atoms with van der Waals surface area (Å²) in [6.07, 6.45) is 1.99. The van der Waals surface area contributed by atoms with Gasteiger partial charge in [-0.25, -0.2) is 4.39 Å². The van der Waals surface area contributed by atoms with Crippen molar-refractivity contribution in [3.05, 3.63) is 29.6 Å². The maximum Gasteiger partial charge on any atom is 0.165 e. The molecule has 1 aromatic carbocycles. The lowest BCUT2D eigenvalue weighted by molar-refractivity contribution is 0.324. The number of nitrogens with two attached hydrogens (primary N) is 1. The maximum atomic E-state index is 13.5. The van der Waals surface area contributed by atoms with E-state index in [4.69, 9.17) is 10.5 Å². The maximum absolute atomic E-state index is 13.5. The second-order valence-electron chi connectivity index (χ2n) is 3.32. The Morgan fingerprint density at radius 2 is 2.27 bits per heavy atom. The number of hydrogen-bond donors (Lipinski definition) is 1. The first-order valence-electron chi connectivity index (χ1n) is 4.82. The summed E-state index contributed by atoms with van der Waals surface area (Å²) in [5, 5.41) is 0. The Bertz CT molecular complexity index is 317. The third-order valence-corrected chi connectivity index (χ3v) is 2.60. The molecule has 0 aliphatic carbocycles. The monoisotopic (exact) mass is 229 g/mol. The van der Waals surface area contributed by atoms with Crippen LogP contribution in [0.1, 0.15) is 18.5 Å². The lowest BCUT2D eigenvalue weighted by Gasteiger charge is -2.09. The minimum absolute atomic E-state index is 0.153. The van der Waals surface area contributed by atoms with Crippen molar-refractivity contribution >= 4 is 11.8 Å². The third-order valence-electron chi connectivity index (χ3n) is 2.03. The molecule has 0 unspecified atom stereocenters. The minimum Gasteiger partial charge on any atom is -0.490 e. The molecule has 1 rings (SSSR count). The average Bonchev–Trinajstić information content (AvgIpc) is 2.20. The molecule has 1 aromatic rings. The Morgan fingerprint density at radius 3 is 2.80 bits per heavy atom. The van der Waals surface area contributed by atoms with Gasteiger partial charge in [-0.1, -0.05) is 6.07 Å². The second-order valence-corrected chi connectivity index (χ2v) is 4.31. The van der Waals surface area contributed by atoms with Gasteiger partial charge in [0, 0.05) is 11.8 Å². The van der Waals surface area contributed by atoms with Crippen LogP contribution in [-0.4, -0.2) is 18.6 Å². The van der Waals surface area contributed by atoms with E-state index in [0.29, 0.717) is 12.4 Å². The largest absolute Gasteiger partial charge is 0.490 e. The highest BCUT2D eigenvalue weighted by molar-refractivity contribution is 7.98. The van der Waals surface area contributed by atoms with E-state index >= 15 is 0 Å². The Morgan fingerprint density at radius 1 is 1.53 bits per heavy atom. The van der Waals surface area contributed by atoms with Crippen molar-refractivity contribution in [2.45, 2.75) is 13.0 Å². The van der Waals surface area contributed by atoms with Crippen LogP contribution >= 0.6 is 11.8 Å². The predicted molar refractivity (Wildman–Crippen MR) is 62.9 cm³/mol. The molecule has 0 saturated heterocycles. The molecule has 0 saturated carbocycles. The fourth-order valence-electron chi connectivity index (χ4n) is 1.15. The van der Waals surface area contributed by atoms with E-state index in [1.807, 2.05) is 13.2 Å². The minimum atomic E-state index is -0.342. The lowest BCUT2D eigenvalue weighted by Crippen LogP contribution is -2.06. The zero-order valence-corrected chi connectivity index (χ0v) is 9.81. The van der Waals surface area contributed by atoms with Crippen LogP contribution in [0.4, 0.5) is 4.39 Å². The van der Waals surface area contributed by atoms with Gasteiger partial charge in [0.2, 0.25) is 0 Å². The van der Waals surface area contributed by atoms with Gasteiger partial charge in [-0.3, -0.25) is 0 Å². The van der Waals surface area contributed by atoms with Crippen LogP contribution in [0.15, 0.2) is 18.2 Å². The summed E-state index contributed by atoms with van der Waals surface area (Å²) in [4.78, 5) is 0. The summed E-state index contributed by atoms with van der Waals surface area (Å²) in [5.74, 6) is 0.813. The van der Waals surface area contributed by atoms with E-state index in [1.165, 1.54) is 6.07 Å². The molecule has 0 amide bonds. The molecular formula is C11H16FNOS. The standard InChI is InChI=1S/C11H16FNOS/c1-8(13)9-3-4-11(10(12)7-9)14-5-6-15-2/h3-4,7-8H,5-6,13H2,1-2H3/t8-/m0/s1. The fraction of sp³-hybridized carbons (Fsp3) is 0.455. The zero-order chi connectivity index (χ0) is 11.3. The van der Waals surface area contributed by atoms with Crippen molar-refractivity contribution in [3.63, 3.8) is 0 Å². The van der Waals surface area contributed by atoms with Crippen molar-refractivity contribution in [3.8, 4) is 5.75 Å². The Hall–Kier alpha value is -0.740. The summed E-state index contributed by atoms with van der Waals surface area (Å²) < 4.78 is 18.7. The van der Waals surface area contributed by atoms with Gasteiger partial charge in [-0.05, 0) is 30.9 Å². The summed E-state index contributed by atoms with van der Waals surface area (Å²) in [6.45, 7) is 2.35. The van der Waals surface area contributed by atoms with Gasteiger partial charge in [-0.15, -0.1) is 0 Å². The van der Waals surface area contributed by atoms with Crippen molar-refractivity contribution < 1.29 is 9.13 Å². The number of hydrogen-bond acceptors (Lipinski definition) is 3. The first kappa shape index (κ1) is 12.3. The highest BCUT2D eigenvalue weighted by Gasteiger charge is 2.06. The van der Waals surface area contributed by atoms with Crippen molar-refractivity contribution in [1.82, 2.24) is 0 Å². The molecule has 0 aromatic heterocycles. The highest BCUT2D eigenvalue weighted by Crippen LogP contribution is 2.21. The summed E-state index contributed by atoms with van der Waals surface area (Å²) in [5.41, 5.74) is 6.43. The molecule has 0 heterocycles. The molecule has 0 spiro atoms. The van der Waals surface area contributed by atoms with Crippen LogP contribution in [-0.2, 0) is 0 Å². The van der Waals surface area contributed by atoms with E-state index in [0.717, 1.165) is 11.3 Å². The van der Waals surface area contributed by atoms with Gasteiger partial charge in [0.1, 0.15) is 0 Å². The third kappa shape index (κ3) is 3.72. The summed E-state index contributed by atoms with van der Waals surface area (Å²) in [6, 6.07) is 4.70. The first-order valence-corrected chi connectivity index (χ1v) is 6.21. The first-order chi connectivity index (χ1) is 7.15. The molecule has 15 heavy (non-hydrogen) atoms. The quantitative estimate of drug-likeness (QED) is 0.788. The van der Waals surface area contributed by atoms with Crippen molar-refractivity contribution in [1.29, 1.82) is 0 Å². The smallest absolute Gasteiger partial charge is 0.165 e. The van der Waals surface area contributed by atoms with Crippen LogP contribution in [0.5, 0.6) is 5.75 Å². The summed E-state index contributed by atoms with van der Waals surface area (Å²) in [7, 11) is 0. The van der Waals surface area contributed by atoms with Crippen LogP contribution in [0.3, 0.4) is 0 Å². The van der Waals surface area contributed by atoms with Gasteiger partial charge >= 0.3 is 0 Å². The Labute approximate surface area is 94.0 Å². The molecule has 0 bridgehead atoms. The van der Waals surface area contributed by atoms with E-state index < -0.39 is 0 Å². The molecule has 2 nitrogen and oxygen atoms in total. The zero-order valence-electron chi connectivity index (χ0n) is 9.00. The van der Waals surface area contributed by atoms with Crippen LogP contribution in [0.25, 0.3) is 0 Å². The molecular weight excluding hydrogens is 213 g/mol. The van der Waals surface area contributed by atoms with E-state index in [1.54, 1.807) is 23.9 Å². The molecule has 0 aliphatic rings. The molecule has 0 radical (unpaired) electrons. The van der Waals surface area contributed by atoms with Crippen LogP contribution in [0.2, 0.25) is 0 Å².